The summed E-state index contributed by atoms with van der Waals surface area (Å²) in [7, 11) is 0. The van der Waals surface area contributed by atoms with Crippen LogP contribution in [0.3, 0.4) is 0 Å². The first kappa shape index (κ1) is 12.7. The third kappa shape index (κ3) is 2.66. The van der Waals surface area contributed by atoms with Gasteiger partial charge in [-0.25, -0.2) is 0 Å². The molecule has 104 valence electrons. The van der Waals surface area contributed by atoms with Gasteiger partial charge in [0.15, 0.2) is 0 Å². The van der Waals surface area contributed by atoms with Crippen molar-refractivity contribution in [3.63, 3.8) is 0 Å². The van der Waals surface area contributed by atoms with E-state index in [2.05, 4.69) is 10.6 Å². The Labute approximate surface area is 116 Å². The molecule has 1 fully saturated rings. The molecule has 2 amide bonds. The molecule has 3 rings (SSSR count). The van der Waals surface area contributed by atoms with Crippen molar-refractivity contribution in [2.75, 3.05) is 6.54 Å². The highest BCUT2D eigenvalue weighted by Gasteiger charge is 2.26. The van der Waals surface area contributed by atoms with Crippen LogP contribution in [-0.4, -0.2) is 24.4 Å². The summed E-state index contributed by atoms with van der Waals surface area (Å²) in [6, 6.07) is 9.42. The highest BCUT2D eigenvalue weighted by Crippen LogP contribution is 2.18. The van der Waals surface area contributed by atoms with Crippen molar-refractivity contribution in [3.05, 3.63) is 36.1 Å². The van der Waals surface area contributed by atoms with Crippen LogP contribution < -0.4 is 10.6 Å². The highest BCUT2D eigenvalue weighted by atomic mass is 16.3. The molecular weight excluding hydrogens is 256 g/mol. The van der Waals surface area contributed by atoms with E-state index in [9.17, 15) is 9.59 Å². The number of nitrogens with one attached hydrogen (secondary N) is 2. The molecule has 0 aliphatic carbocycles. The van der Waals surface area contributed by atoms with E-state index in [0.29, 0.717) is 25.8 Å². The smallest absolute Gasteiger partial charge is 0.242 e. The van der Waals surface area contributed by atoms with Crippen LogP contribution in [0.4, 0.5) is 0 Å². The van der Waals surface area contributed by atoms with Gasteiger partial charge >= 0.3 is 0 Å². The summed E-state index contributed by atoms with van der Waals surface area (Å²) in [4.78, 5) is 22.8. The molecule has 2 aromatic rings. The molecule has 1 aromatic carbocycles. The predicted molar refractivity (Wildman–Crippen MR) is 74.1 cm³/mol. The minimum absolute atomic E-state index is 0.0533. The summed E-state index contributed by atoms with van der Waals surface area (Å²) in [5.74, 6) is 0.677. The molecule has 0 spiro atoms. The average molecular weight is 272 g/mol. The second-order valence-corrected chi connectivity index (χ2v) is 4.95. The number of furan rings is 1. The van der Waals surface area contributed by atoms with Crippen molar-refractivity contribution >= 4 is 22.8 Å². The van der Waals surface area contributed by atoms with Gasteiger partial charge in [-0.2, -0.15) is 0 Å². The summed E-state index contributed by atoms with van der Waals surface area (Å²) >= 11 is 0. The molecule has 1 aliphatic rings. The van der Waals surface area contributed by atoms with Crippen molar-refractivity contribution in [2.24, 2.45) is 0 Å². The number of rotatable bonds is 4. The molecule has 1 atom stereocenters. The molecular formula is C15H16N2O3. The van der Waals surface area contributed by atoms with Crippen LogP contribution in [0.1, 0.15) is 18.6 Å². The molecule has 1 saturated heterocycles. The summed E-state index contributed by atoms with van der Waals surface area (Å²) in [6.07, 6.45) is 1.65. The molecule has 0 saturated carbocycles. The summed E-state index contributed by atoms with van der Waals surface area (Å²) < 4.78 is 5.67. The SMILES string of the molecule is O=C1CC[C@@H](C(=O)NCCc2cc3ccccc3o2)N1. The third-order valence-corrected chi connectivity index (χ3v) is 3.46. The van der Waals surface area contributed by atoms with Gasteiger partial charge in [0.05, 0.1) is 0 Å². The number of hydrogen-bond acceptors (Lipinski definition) is 3. The zero-order valence-corrected chi connectivity index (χ0v) is 11.0. The Morgan fingerprint density at radius 1 is 1.40 bits per heavy atom. The quantitative estimate of drug-likeness (QED) is 0.883. The lowest BCUT2D eigenvalue weighted by molar-refractivity contribution is -0.125. The second kappa shape index (κ2) is 5.36. The van der Waals surface area contributed by atoms with Gasteiger partial charge in [0, 0.05) is 24.8 Å². The first-order valence-corrected chi connectivity index (χ1v) is 6.77. The Kier molecular flexibility index (Phi) is 3.41. The van der Waals surface area contributed by atoms with Gasteiger partial charge in [-0.15, -0.1) is 0 Å². The Morgan fingerprint density at radius 3 is 3.00 bits per heavy atom. The van der Waals surface area contributed by atoms with E-state index in [4.69, 9.17) is 4.42 Å². The fourth-order valence-electron chi connectivity index (χ4n) is 2.40. The Bertz CT molecular complexity index is 614. The number of fused-ring (bicyclic) bond motifs is 1. The zero-order valence-electron chi connectivity index (χ0n) is 11.0. The molecule has 0 unspecified atom stereocenters. The van der Waals surface area contributed by atoms with Crippen molar-refractivity contribution in [1.29, 1.82) is 0 Å². The van der Waals surface area contributed by atoms with Crippen LogP contribution in [0, 0.1) is 0 Å². The molecule has 1 aliphatic heterocycles. The van der Waals surface area contributed by atoms with E-state index in [-0.39, 0.29) is 17.9 Å². The summed E-state index contributed by atoms with van der Waals surface area (Å²) in [5, 5.41) is 6.54. The lowest BCUT2D eigenvalue weighted by Crippen LogP contribution is -2.42. The van der Waals surface area contributed by atoms with E-state index in [1.165, 1.54) is 0 Å². The Morgan fingerprint density at radius 2 is 2.25 bits per heavy atom. The van der Waals surface area contributed by atoms with Gasteiger partial charge in [0.25, 0.3) is 0 Å². The van der Waals surface area contributed by atoms with Crippen molar-refractivity contribution in [2.45, 2.75) is 25.3 Å². The van der Waals surface area contributed by atoms with E-state index in [1.807, 2.05) is 30.3 Å². The standard InChI is InChI=1S/C15H16N2O3/c18-14-6-5-12(17-14)15(19)16-8-7-11-9-10-3-1-2-4-13(10)20-11/h1-4,9,12H,5-8H2,(H,16,19)(H,17,18)/t12-/m0/s1. The second-order valence-electron chi connectivity index (χ2n) is 4.95. The minimum atomic E-state index is -0.377. The normalized spacial score (nSPS) is 18.2. The summed E-state index contributed by atoms with van der Waals surface area (Å²) in [6.45, 7) is 0.505. The fraction of sp³-hybridized carbons (Fsp3) is 0.333. The zero-order chi connectivity index (χ0) is 13.9. The van der Waals surface area contributed by atoms with Crippen LogP contribution in [0.2, 0.25) is 0 Å². The van der Waals surface area contributed by atoms with Gasteiger partial charge in [-0.3, -0.25) is 9.59 Å². The molecule has 0 bridgehead atoms. The molecule has 5 heteroatoms. The van der Waals surface area contributed by atoms with Gasteiger partial charge < -0.3 is 15.1 Å². The van der Waals surface area contributed by atoms with Gasteiger partial charge in [-0.1, -0.05) is 18.2 Å². The van der Waals surface area contributed by atoms with Crippen LogP contribution in [0.5, 0.6) is 0 Å². The average Bonchev–Trinajstić information content (AvgIpc) is 3.04. The molecule has 2 N–H and O–H groups in total. The van der Waals surface area contributed by atoms with E-state index >= 15 is 0 Å². The number of carbonyl (C=O) groups is 2. The molecule has 1 aromatic heterocycles. The van der Waals surface area contributed by atoms with E-state index < -0.39 is 0 Å². The lowest BCUT2D eigenvalue weighted by Gasteiger charge is -2.09. The molecule has 20 heavy (non-hydrogen) atoms. The minimum Gasteiger partial charge on any atom is -0.461 e. The largest absolute Gasteiger partial charge is 0.461 e. The third-order valence-electron chi connectivity index (χ3n) is 3.46. The topological polar surface area (TPSA) is 71.3 Å². The van der Waals surface area contributed by atoms with Crippen LogP contribution in [0.25, 0.3) is 11.0 Å². The van der Waals surface area contributed by atoms with Gasteiger partial charge in [-0.05, 0) is 18.6 Å². The Hall–Kier alpha value is -2.30. The maximum Gasteiger partial charge on any atom is 0.242 e. The maximum absolute atomic E-state index is 11.8. The fourth-order valence-corrected chi connectivity index (χ4v) is 2.40. The van der Waals surface area contributed by atoms with Crippen molar-refractivity contribution in [3.8, 4) is 0 Å². The van der Waals surface area contributed by atoms with Crippen molar-refractivity contribution < 1.29 is 14.0 Å². The van der Waals surface area contributed by atoms with Crippen LogP contribution in [0.15, 0.2) is 34.7 Å². The molecule has 5 nitrogen and oxygen atoms in total. The number of para-hydroxylation sites is 1. The number of amides is 2. The molecule has 2 heterocycles. The monoisotopic (exact) mass is 272 g/mol. The number of carbonyl (C=O) groups excluding carboxylic acids is 2. The van der Waals surface area contributed by atoms with E-state index in [0.717, 1.165) is 16.7 Å². The van der Waals surface area contributed by atoms with Crippen LogP contribution in [-0.2, 0) is 16.0 Å². The van der Waals surface area contributed by atoms with Crippen LogP contribution >= 0.6 is 0 Å². The maximum atomic E-state index is 11.8. The van der Waals surface area contributed by atoms with E-state index in [1.54, 1.807) is 0 Å². The first-order valence-electron chi connectivity index (χ1n) is 6.77. The van der Waals surface area contributed by atoms with Gasteiger partial charge in [0.2, 0.25) is 11.8 Å². The Balaban J connectivity index is 1.52. The lowest BCUT2D eigenvalue weighted by atomic mass is 10.2. The summed E-state index contributed by atoms with van der Waals surface area (Å²) in [5.41, 5.74) is 0.858. The van der Waals surface area contributed by atoms with Crippen molar-refractivity contribution in [1.82, 2.24) is 10.6 Å². The highest BCUT2D eigenvalue weighted by molar-refractivity contribution is 5.90. The first-order chi connectivity index (χ1) is 9.72. The van der Waals surface area contributed by atoms with Gasteiger partial charge in [0.1, 0.15) is 17.4 Å². The number of benzene rings is 1. The molecule has 0 radical (unpaired) electrons. The predicted octanol–water partition coefficient (Wildman–Crippen LogP) is 1.37. The number of hydrogen-bond donors (Lipinski definition) is 2.